The third-order valence-corrected chi connectivity index (χ3v) is 6.51. The molecule has 0 saturated heterocycles. The zero-order chi connectivity index (χ0) is 22.6. The summed E-state index contributed by atoms with van der Waals surface area (Å²) in [7, 11) is 1.86. The molecule has 182 valence electrons. The molecule has 30 heavy (non-hydrogen) atoms. The number of nitrogens with zero attached hydrogens (tertiary/aromatic N) is 1. The average molecular weight is 450 g/mol. The van der Waals surface area contributed by atoms with E-state index in [9.17, 15) is 9.46 Å². The lowest BCUT2D eigenvalue weighted by Gasteiger charge is -2.27. The van der Waals surface area contributed by atoms with Crippen LogP contribution in [0, 0.1) is 0 Å². The highest BCUT2D eigenvalue weighted by Gasteiger charge is 2.12. The van der Waals surface area contributed by atoms with Crippen LogP contribution >= 0.6 is 7.82 Å². The van der Waals surface area contributed by atoms with Crippen molar-refractivity contribution in [2.75, 3.05) is 40.9 Å². The molecule has 1 unspecified atom stereocenters. The minimum Gasteiger partial charge on any atom is -0.756 e. The van der Waals surface area contributed by atoms with Crippen LogP contribution in [0.3, 0.4) is 0 Å². The van der Waals surface area contributed by atoms with E-state index in [1.165, 1.54) is 89.9 Å². The molecule has 0 rings (SSSR count). The summed E-state index contributed by atoms with van der Waals surface area (Å²) in [4.78, 5) is 11.7. The van der Waals surface area contributed by atoms with Crippen molar-refractivity contribution in [3.05, 3.63) is 0 Å². The highest BCUT2D eigenvalue weighted by Crippen LogP contribution is 2.38. The monoisotopic (exact) mass is 449 g/mol. The third-order valence-electron chi connectivity index (χ3n) is 5.51. The van der Waals surface area contributed by atoms with E-state index in [0.29, 0.717) is 11.0 Å². The molecule has 0 radical (unpaired) electrons. The van der Waals surface area contributed by atoms with Crippen molar-refractivity contribution in [3.8, 4) is 0 Å². The molecular formula is C24H52NO4P. The minimum absolute atomic E-state index is 0.170. The topological polar surface area (TPSA) is 58.6 Å². The van der Waals surface area contributed by atoms with Crippen LogP contribution in [-0.2, 0) is 13.6 Å². The zero-order valence-corrected chi connectivity index (χ0v) is 21.6. The van der Waals surface area contributed by atoms with Gasteiger partial charge in [0.1, 0.15) is 13.2 Å². The number of hydrogen-bond donors (Lipinski definition) is 0. The summed E-state index contributed by atoms with van der Waals surface area (Å²) >= 11 is 0. The molecule has 6 heteroatoms. The Labute approximate surface area is 188 Å². The van der Waals surface area contributed by atoms with Crippen molar-refractivity contribution in [1.82, 2.24) is 0 Å². The van der Waals surface area contributed by atoms with Crippen molar-refractivity contribution in [3.63, 3.8) is 0 Å². The molecule has 0 fully saturated rings. The molecule has 0 heterocycles. The van der Waals surface area contributed by atoms with Gasteiger partial charge < -0.3 is 18.4 Å². The van der Waals surface area contributed by atoms with E-state index >= 15 is 0 Å². The number of quaternary nitrogens is 1. The first-order chi connectivity index (χ1) is 14.3. The summed E-state index contributed by atoms with van der Waals surface area (Å²) in [6, 6.07) is 0. The van der Waals surface area contributed by atoms with Gasteiger partial charge in [-0.1, -0.05) is 110 Å². The number of phosphoric acid groups is 1. The van der Waals surface area contributed by atoms with Crippen molar-refractivity contribution in [2.24, 2.45) is 0 Å². The number of hydrogen-bond acceptors (Lipinski definition) is 4. The molecule has 0 aliphatic heterocycles. The molecule has 0 spiro atoms. The zero-order valence-electron chi connectivity index (χ0n) is 20.7. The predicted octanol–water partition coefficient (Wildman–Crippen LogP) is 6.85. The summed E-state index contributed by atoms with van der Waals surface area (Å²) in [6.45, 7) is 3.32. The van der Waals surface area contributed by atoms with E-state index in [1.54, 1.807) is 0 Å². The van der Waals surface area contributed by atoms with Crippen LogP contribution in [0.1, 0.15) is 116 Å². The van der Waals surface area contributed by atoms with Crippen molar-refractivity contribution < 1.29 is 23.0 Å². The second-order valence-corrected chi connectivity index (χ2v) is 11.2. The lowest BCUT2D eigenvalue weighted by Crippen LogP contribution is -2.37. The Morgan fingerprint density at radius 3 is 1.30 bits per heavy atom. The summed E-state index contributed by atoms with van der Waals surface area (Å²) < 4.78 is 22.2. The predicted molar refractivity (Wildman–Crippen MR) is 127 cm³/mol. The van der Waals surface area contributed by atoms with Crippen LogP contribution in [0.5, 0.6) is 0 Å². The van der Waals surface area contributed by atoms with Gasteiger partial charge in [-0.05, 0) is 6.42 Å². The normalized spacial score (nSPS) is 14.2. The molecular weight excluding hydrogens is 397 g/mol. The third kappa shape index (κ3) is 24.3. The smallest absolute Gasteiger partial charge is 0.268 e. The lowest BCUT2D eigenvalue weighted by molar-refractivity contribution is -0.870. The first-order valence-electron chi connectivity index (χ1n) is 12.7. The molecule has 1 atom stereocenters. The molecule has 0 bridgehead atoms. The second kappa shape index (κ2) is 19.7. The van der Waals surface area contributed by atoms with Crippen LogP contribution in [0.15, 0.2) is 0 Å². The summed E-state index contributed by atoms with van der Waals surface area (Å²) in [5.41, 5.74) is 0. The van der Waals surface area contributed by atoms with Crippen LogP contribution in [0.2, 0.25) is 0 Å². The van der Waals surface area contributed by atoms with Crippen LogP contribution in [-0.4, -0.2) is 45.4 Å². The molecule has 0 N–H and O–H groups in total. The molecule has 0 aromatic heterocycles. The lowest BCUT2D eigenvalue weighted by atomic mass is 10.0. The Hall–Kier alpha value is 0.0700. The molecule has 0 amide bonds. The first-order valence-corrected chi connectivity index (χ1v) is 14.1. The molecule has 0 aliphatic carbocycles. The highest BCUT2D eigenvalue weighted by atomic mass is 31.2. The molecule has 0 aliphatic rings. The van der Waals surface area contributed by atoms with Crippen LogP contribution in [0.25, 0.3) is 0 Å². The fourth-order valence-electron chi connectivity index (χ4n) is 3.47. The Morgan fingerprint density at radius 1 is 0.600 bits per heavy atom. The molecule has 5 nitrogen and oxygen atoms in total. The van der Waals surface area contributed by atoms with E-state index in [4.69, 9.17) is 9.05 Å². The van der Waals surface area contributed by atoms with Crippen LogP contribution in [0.4, 0.5) is 0 Å². The molecule has 0 aromatic carbocycles. The fraction of sp³-hybridized carbons (Fsp3) is 1.00. The Kier molecular flexibility index (Phi) is 19.8. The number of likely N-dealkylation sites (N-methyl/N-ethyl adjacent to an activating group) is 1. The van der Waals surface area contributed by atoms with Gasteiger partial charge in [-0.2, -0.15) is 0 Å². The molecule has 0 saturated carbocycles. The van der Waals surface area contributed by atoms with Gasteiger partial charge in [0.15, 0.2) is 0 Å². The van der Waals surface area contributed by atoms with E-state index in [0.717, 1.165) is 19.3 Å². The van der Waals surface area contributed by atoms with Gasteiger partial charge in [-0.25, -0.2) is 0 Å². The SMILES string of the molecule is CCCCCCCCCCCCCCCCCCCOP(=O)([O-])OCC[N+](C)(C)C. The van der Waals surface area contributed by atoms with E-state index in [2.05, 4.69) is 6.92 Å². The largest absolute Gasteiger partial charge is 0.756 e. The first kappa shape index (κ1) is 30.1. The van der Waals surface area contributed by atoms with Crippen molar-refractivity contribution >= 4 is 7.82 Å². The van der Waals surface area contributed by atoms with Gasteiger partial charge in [0.2, 0.25) is 0 Å². The van der Waals surface area contributed by atoms with Gasteiger partial charge >= 0.3 is 0 Å². The average Bonchev–Trinajstić information content (AvgIpc) is 2.65. The van der Waals surface area contributed by atoms with E-state index in [-0.39, 0.29) is 13.2 Å². The Balaban J connectivity index is 3.26. The standard InChI is InChI=1S/C24H52NO4P/c1-5-6-7-8-9-10-11-12-13-14-15-16-17-18-19-20-21-23-28-30(26,27)29-24-22-25(2,3)4/h5-24H2,1-4H3. The number of unbranched alkanes of at least 4 members (excludes halogenated alkanes) is 16. The number of phosphoric ester groups is 1. The highest BCUT2D eigenvalue weighted by molar-refractivity contribution is 7.45. The van der Waals surface area contributed by atoms with Gasteiger partial charge in [-0.3, -0.25) is 4.57 Å². The maximum Gasteiger partial charge on any atom is 0.268 e. The van der Waals surface area contributed by atoms with E-state index in [1.807, 2.05) is 21.1 Å². The quantitative estimate of drug-likeness (QED) is 0.0972. The van der Waals surface area contributed by atoms with Crippen molar-refractivity contribution in [2.45, 2.75) is 116 Å². The maximum atomic E-state index is 11.7. The number of rotatable bonds is 23. The molecule has 0 aromatic rings. The van der Waals surface area contributed by atoms with Crippen LogP contribution < -0.4 is 4.89 Å². The van der Waals surface area contributed by atoms with Gasteiger partial charge in [0.05, 0.1) is 27.7 Å². The Bertz CT molecular complexity index is 413. The van der Waals surface area contributed by atoms with E-state index < -0.39 is 7.82 Å². The summed E-state index contributed by atoms with van der Waals surface area (Å²) in [5.74, 6) is 0. The Morgan fingerprint density at radius 2 is 0.933 bits per heavy atom. The summed E-state index contributed by atoms with van der Waals surface area (Å²) in [5, 5.41) is 0. The minimum atomic E-state index is -4.13. The second-order valence-electron chi connectivity index (χ2n) is 9.78. The van der Waals surface area contributed by atoms with Crippen molar-refractivity contribution in [1.29, 1.82) is 0 Å². The van der Waals surface area contributed by atoms with Gasteiger partial charge in [0, 0.05) is 0 Å². The fourth-order valence-corrected chi connectivity index (χ4v) is 4.20. The van der Waals surface area contributed by atoms with Gasteiger partial charge in [0.25, 0.3) is 7.82 Å². The maximum absolute atomic E-state index is 11.7. The summed E-state index contributed by atoms with van der Waals surface area (Å²) in [6.07, 6.45) is 22.3. The van der Waals surface area contributed by atoms with Gasteiger partial charge in [-0.15, -0.1) is 0 Å².